The number of carbonyl (C=O) groups is 2. The molecule has 2 N–H and O–H groups in total. The van der Waals surface area contributed by atoms with E-state index in [-0.39, 0.29) is 11.5 Å². The van der Waals surface area contributed by atoms with E-state index in [9.17, 15) is 14.0 Å². The van der Waals surface area contributed by atoms with Crippen LogP contribution in [0.5, 0.6) is 0 Å². The monoisotopic (exact) mass is 395 g/mol. The van der Waals surface area contributed by atoms with Gasteiger partial charge in [-0.15, -0.1) is 22.7 Å². The predicted octanol–water partition coefficient (Wildman–Crippen LogP) is 4.87. The summed E-state index contributed by atoms with van der Waals surface area (Å²) in [4.78, 5) is 28.6. The molecule has 3 rings (SSSR count). The first kappa shape index (κ1) is 17.5. The van der Waals surface area contributed by atoms with Gasteiger partial charge in [0.05, 0.1) is 20.5 Å². The minimum atomic E-state index is -0.687. The molecule has 2 amide bonds. The van der Waals surface area contributed by atoms with Crippen molar-refractivity contribution in [2.24, 2.45) is 0 Å². The van der Waals surface area contributed by atoms with Crippen molar-refractivity contribution in [3.63, 3.8) is 0 Å². The van der Waals surface area contributed by atoms with Crippen molar-refractivity contribution in [3.05, 3.63) is 51.4 Å². The van der Waals surface area contributed by atoms with Crippen LogP contribution >= 0.6 is 34.3 Å². The SMILES string of the molecule is CC(=O)Nc1ccc(F)c(C(=O)Nc2nc(-c3ccc(Cl)s3)cs2)c1. The average Bonchev–Trinajstić information content (AvgIpc) is 3.17. The molecule has 0 aliphatic carbocycles. The lowest BCUT2D eigenvalue weighted by Crippen LogP contribution is -2.15. The first-order valence-corrected chi connectivity index (χ1v) is 9.09. The van der Waals surface area contributed by atoms with Crippen molar-refractivity contribution in [1.29, 1.82) is 0 Å². The van der Waals surface area contributed by atoms with E-state index in [0.29, 0.717) is 20.8 Å². The van der Waals surface area contributed by atoms with Gasteiger partial charge in [-0.25, -0.2) is 9.37 Å². The van der Waals surface area contributed by atoms with Crippen molar-refractivity contribution in [2.75, 3.05) is 10.6 Å². The van der Waals surface area contributed by atoms with E-state index in [1.54, 1.807) is 11.4 Å². The lowest BCUT2D eigenvalue weighted by Gasteiger charge is -2.07. The number of benzene rings is 1. The summed E-state index contributed by atoms with van der Waals surface area (Å²) in [6, 6.07) is 7.39. The third-order valence-electron chi connectivity index (χ3n) is 3.08. The van der Waals surface area contributed by atoms with E-state index < -0.39 is 11.7 Å². The highest BCUT2D eigenvalue weighted by Crippen LogP contribution is 2.33. The zero-order valence-electron chi connectivity index (χ0n) is 12.8. The second-order valence-corrected chi connectivity index (χ2v) is 7.54. The highest BCUT2D eigenvalue weighted by Gasteiger charge is 2.15. The van der Waals surface area contributed by atoms with Gasteiger partial charge in [0, 0.05) is 18.0 Å². The van der Waals surface area contributed by atoms with Crippen LogP contribution in [-0.4, -0.2) is 16.8 Å². The smallest absolute Gasteiger partial charge is 0.260 e. The zero-order valence-corrected chi connectivity index (χ0v) is 15.2. The number of nitrogens with zero attached hydrogens (tertiary/aromatic N) is 1. The standard InChI is InChI=1S/C16H11ClFN3O2S2/c1-8(22)19-9-2-3-11(18)10(6-9)15(23)21-16-20-12(7-24-16)13-4-5-14(17)25-13/h2-7H,1H3,(H,19,22)(H,20,21,23). The summed E-state index contributed by atoms with van der Waals surface area (Å²) in [6.07, 6.45) is 0. The minimum absolute atomic E-state index is 0.179. The average molecular weight is 396 g/mol. The Morgan fingerprint density at radius 3 is 2.68 bits per heavy atom. The highest BCUT2D eigenvalue weighted by molar-refractivity contribution is 7.20. The van der Waals surface area contributed by atoms with Crippen LogP contribution in [0.2, 0.25) is 4.34 Å². The number of nitrogens with one attached hydrogen (secondary N) is 2. The van der Waals surface area contributed by atoms with Gasteiger partial charge in [-0.2, -0.15) is 0 Å². The van der Waals surface area contributed by atoms with Crippen LogP contribution in [-0.2, 0) is 4.79 Å². The zero-order chi connectivity index (χ0) is 18.0. The number of thiazole rings is 1. The number of halogens is 2. The van der Waals surface area contributed by atoms with Gasteiger partial charge >= 0.3 is 0 Å². The lowest BCUT2D eigenvalue weighted by molar-refractivity contribution is -0.114. The molecule has 0 saturated heterocycles. The fraction of sp³-hybridized carbons (Fsp3) is 0.0625. The van der Waals surface area contributed by atoms with Crippen LogP contribution in [0.1, 0.15) is 17.3 Å². The van der Waals surface area contributed by atoms with Gasteiger partial charge in [0.15, 0.2) is 5.13 Å². The van der Waals surface area contributed by atoms with Crippen LogP contribution < -0.4 is 10.6 Å². The van der Waals surface area contributed by atoms with E-state index >= 15 is 0 Å². The molecule has 5 nitrogen and oxygen atoms in total. The maximum Gasteiger partial charge on any atom is 0.260 e. The van der Waals surface area contributed by atoms with Gasteiger partial charge in [0.25, 0.3) is 5.91 Å². The second-order valence-electron chi connectivity index (χ2n) is 4.97. The van der Waals surface area contributed by atoms with E-state index in [4.69, 9.17) is 11.6 Å². The summed E-state index contributed by atoms with van der Waals surface area (Å²) in [5.74, 6) is -1.64. The van der Waals surface area contributed by atoms with Crippen LogP contribution in [0.4, 0.5) is 15.2 Å². The highest BCUT2D eigenvalue weighted by atomic mass is 35.5. The Hall–Kier alpha value is -2.29. The first-order valence-electron chi connectivity index (χ1n) is 7.02. The predicted molar refractivity (Wildman–Crippen MR) is 99.1 cm³/mol. The molecule has 0 fully saturated rings. The molecule has 0 aliphatic rings. The molecule has 9 heteroatoms. The van der Waals surface area contributed by atoms with E-state index in [1.165, 1.54) is 41.7 Å². The van der Waals surface area contributed by atoms with Crippen molar-refractivity contribution in [3.8, 4) is 10.6 Å². The minimum Gasteiger partial charge on any atom is -0.326 e. The number of thiophene rings is 1. The summed E-state index contributed by atoms with van der Waals surface area (Å²) in [5.41, 5.74) is 0.846. The molecule has 0 unspecified atom stereocenters. The van der Waals surface area contributed by atoms with Gasteiger partial charge < -0.3 is 5.32 Å². The lowest BCUT2D eigenvalue weighted by atomic mass is 10.1. The summed E-state index contributed by atoms with van der Waals surface area (Å²) in [5, 5.41) is 7.19. The second kappa shape index (κ2) is 7.30. The Morgan fingerprint density at radius 2 is 2.00 bits per heavy atom. The summed E-state index contributed by atoms with van der Waals surface area (Å²) in [6.45, 7) is 1.33. The number of rotatable bonds is 4. The van der Waals surface area contributed by atoms with Crippen LogP contribution in [0, 0.1) is 5.82 Å². The van der Waals surface area contributed by atoms with Crippen LogP contribution in [0.25, 0.3) is 10.6 Å². The molecule has 25 heavy (non-hydrogen) atoms. The fourth-order valence-corrected chi connectivity index (χ4v) is 3.82. The van der Waals surface area contributed by atoms with Crippen LogP contribution in [0.3, 0.4) is 0 Å². The van der Waals surface area contributed by atoms with E-state index in [1.807, 2.05) is 6.07 Å². The third-order valence-corrected chi connectivity index (χ3v) is 5.09. The molecule has 1 aromatic carbocycles. The van der Waals surface area contributed by atoms with Crippen molar-refractivity contribution in [2.45, 2.75) is 6.92 Å². The molecular weight excluding hydrogens is 385 g/mol. The van der Waals surface area contributed by atoms with E-state index in [0.717, 1.165) is 10.9 Å². The third kappa shape index (κ3) is 4.22. The maximum absolute atomic E-state index is 13.9. The van der Waals surface area contributed by atoms with Gasteiger partial charge in [-0.05, 0) is 30.3 Å². The van der Waals surface area contributed by atoms with Gasteiger partial charge in [-0.3, -0.25) is 14.9 Å². The number of amides is 2. The molecule has 0 aliphatic heterocycles. The molecule has 0 bridgehead atoms. The normalized spacial score (nSPS) is 10.5. The van der Waals surface area contributed by atoms with E-state index in [2.05, 4.69) is 15.6 Å². The molecule has 2 aromatic heterocycles. The molecule has 0 radical (unpaired) electrons. The number of hydrogen-bond acceptors (Lipinski definition) is 5. The molecule has 3 aromatic rings. The number of carbonyl (C=O) groups excluding carboxylic acids is 2. The fourth-order valence-electron chi connectivity index (χ4n) is 2.04. The molecule has 128 valence electrons. The summed E-state index contributed by atoms with van der Waals surface area (Å²) >= 11 is 8.50. The largest absolute Gasteiger partial charge is 0.326 e. The van der Waals surface area contributed by atoms with Gasteiger partial charge in [0.1, 0.15) is 5.82 Å². The molecule has 0 spiro atoms. The van der Waals surface area contributed by atoms with Crippen molar-refractivity contribution in [1.82, 2.24) is 4.98 Å². The molecule has 0 saturated carbocycles. The topological polar surface area (TPSA) is 71.1 Å². The van der Waals surface area contributed by atoms with Crippen molar-refractivity contribution < 1.29 is 14.0 Å². The Morgan fingerprint density at radius 1 is 1.20 bits per heavy atom. The van der Waals surface area contributed by atoms with Gasteiger partial charge in [0.2, 0.25) is 5.91 Å². The molecule has 2 heterocycles. The first-order chi connectivity index (χ1) is 11.9. The summed E-state index contributed by atoms with van der Waals surface area (Å²) in [7, 11) is 0. The van der Waals surface area contributed by atoms with Crippen LogP contribution in [0.15, 0.2) is 35.7 Å². The Bertz CT molecular complexity index is 955. The number of anilines is 2. The Balaban J connectivity index is 1.78. The quantitative estimate of drug-likeness (QED) is 0.661. The Labute approximate surface area is 155 Å². The maximum atomic E-state index is 13.9. The Kier molecular flexibility index (Phi) is 5.12. The number of hydrogen-bond donors (Lipinski definition) is 2. The molecular formula is C16H11ClFN3O2S2. The summed E-state index contributed by atoms with van der Waals surface area (Å²) < 4.78 is 14.6. The molecule has 0 atom stereocenters. The van der Waals surface area contributed by atoms with Crippen molar-refractivity contribution >= 4 is 56.9 Å². The number of aromatic nitrogens is 1. The van der Waals surface area contributed by atoms with Gasteiger partial charge in [-0.1, -0.05) is 11.6 Å².